The summed E-state index contributed by atoms with van der Waals surface area (Å²) in [6, 6.07) is 10.7. The first-order valence-electron chi connectivity index (χ1n) is 8.14. The zero-order valence-electron chi connectivity index (χ0n) is 12.2. The topological polar surface area (TPSA) is 40.5 Å². The van der Waals surface area contributed by atoms with Crippen LogP contribution in [0.25, 0.3) is 0 Å². The molecule has 0 aromatic heterocycles. The van der Waals surface area contributed by atoms with Crippen molar-refractivity contribution in [1.29, 1.82) is 0 Å². The Kier molecular flexibility index (Phi) is 4.13. The van der Waals surface area contributed by atoms with Crippen LogP contribution in [0.1, 0.15) is 62.8 Å². The molecule has 0 amide bonds. The van der Waals surface area contributed by atoms with E-state index in [4.69, 9.17) is 0 Å². The van der Waals surface area contributed by atoms with Gasteiger partial charge in [0, 0.05) is 5.92 Å². The van der Waals surface area contributed by atoms with Crippen LogP contribution < -0.4 is 0 Å². The second kappa shape index (κ2) is 5.87. The summed E-state index contributed by atoms with van der Waals surface area (Å²) in [6.45, 7) is 0. The molecule has 2 fully saturated rings. The summed E-state index contributed by atoms with van der Waals surface area (Å²) in [5.74, 6) is 0.685. The SMILES string of the molecule is OC1CCCCC1C1(O)CCC(c2ccccc2)CC1. The van der Waals surface area contributed by atoms with E-state index in [-0.39, 0.29) is 12.0 Å². The number of hydrogen-bond acceptors (Lipinski definition) is 2. The Morgan fingerprint density at radius 2 is 1.55 bits per heavy atom. The number of benzene rings is 1. The summed E-state index contributed by atoms with van der Waals surface area (Å²) in [7, 11) is 0. The van der Waals surface area contributed by atoms with E-state index in [1.807, 2.05) is 0 Å². The van der Waals surface area contributed by atoms with Gasteiger partial charge in [0.25, 0.3) is 0 Å². The van der Waals surface area contributed by atoms with Gasteiger partial charge in [-0.3, -0.25) is 0 Å². The normalized spacial score (nSPS) is 38.6. The fraction of sp³-hybridized carbons (Fsp3) is 0.667. The smallest absolute Gasteiger partial charge is 0.0700 e. The van der Waals surface area contributed by atoms with Crippen molar-refractivity contribution in [1.82, 2.24) is 0 Å². The van der Waals surface area contributed by atoms with Crippen molar-refractivity contribution in [3.8, 4) is 0 Å². The maximum absolute atomic E-state index is 11.0. The molecule has 2 atom stereocenters. The fourth-order valence-electron chi connectivity index (χ4n) is 4.29. The molecule has 110 valence electrons. The quantitative estimate of drug-likeness (QED) is 0.864. The monoisotopic (exact) mass is 274 g/mol. The molecule has 0 radical (unpaired) electrons. The van der Waals surface area contributed by atoms with Crippen molar-refractivity contribution in [2.24, 2.45) is 5.92 Å². The van der Waals surface area contributed by atoms with E-state index in [1.165, 1.54) is 5.56 Å². The fourth-order valence-corrected chi connectivity index (χ4v) is 4.29. The number of rotatable bonds is 2. The van der Waals surface area contributed by atoms with Crippen LogP contribution in [0, 0.1) is 5.92 Å². The first-order chi connectivity index (χ1) is 9.69. The largest absolute Gasteiger partial charge is 0.393 e. The molecule has 3 rings (SSSR count). The van der Waals surface area contributed by atoms with Gasteiger partial charge in [0.1, 0.15) is 0 Å². The molecule has 0 spiro atoms. The van der Waals surface area contributed by atoms with Crippen molar-refractivity contribution < 1.29 is 10.2 Å². The average molecular weight is 274 g/mol. The molecule has 0 heterocycles. The average Bonchev–Trinajstić information content (AvgIpc) is 2.49. The van der Waals surface area contributed by atoms with Gasteiger partial charge < -0.3 is 10.2 Å². The first kappa shape index (κ1) is 14.1. The van der Waals surface area contributed by atoms with Gasteiger partial charge >= 0.3 is 0 Å². The van der Waals surface area contributed by atoms with Gasteiger partial charge in [-0.15, -0.1) is 0 Å². The molecule has 1 aromatic carbocycles. The highest BCUT2D eigenvalue weighted by molar-refractivity contribution is 5.20. The van der Waals surface area contributed by atoms with Crippen LogP contribution in [0.4, 0.5) is 0 Å². The molecule has 2 heteroatoms. The Morgan fingerprint density at radius 3 is 2.20 bits per heavy atom. The maximum atomic E-state index is 11.0. The van der Waals surface area contributed by atoms with E-state index < -0.39 is 5.60 Å². The minimum absolute atomic E-state index is 0.105. The van der Waals surface area contributed by atoms with Crippen molar-refractivity contribution in [2.75, 3.05) is 0 Å². The zero-order valence-corrected chi connectivity index (χ0v) is 12.2. The van der Waals surface area contributed by atoms with E-state index in [9.17, 15) is 10.2 Å². The molecular weight excluding hydrogens is 248 g/mol. The highest BCUT2D eigenvalue weighted by Gasteiger charge is 2.44. The highest BCUT2D eigenvalue weighted by Crippen LogP contribution is 2.45. The number of aliphatic hydroxyl groups is 2. The summed E-state index contributed by atoms with van der Waals surface area (Å²) in [4.78, 5) is 0. The lowest BCUT2D eigenvalue weighted by atomic mass is 9.66. The maximum Gasteiger partial charge on any atom is 0.0700 e. The lowest BCUT2D eigenvalue weighted by Gasteiger charge is -2.45. The summed E-state index contributed by atoms with van der Waals surface area (Å²) < 4.78 is 0. The van der Waals surface area contributed by atoms with Gasteiger partial charge in [0.15, 0.2) is 0 Å². The minimum Gasteiger partial charge on any atom is -0.393 e. The lowest BCUT2D eigenvalue weighted by molar-refractivity contribution is -0.109. The van der Waals surface area contributed by atoms with Crippen molar-refractivity contribution >= 4 is 0 Å². The molecule has 0 saturated heterocycles. The minimum atomic E-state index is -0.620. The molecule has 20 heavy (non-hydrogen) atoms. The van der Waals surface area contributed by atoms with E-state index in [2.05, 4.69) is 30.3 Å². The molecule has 2 saturated carbocycles. The third-order valence-corrected chi connectivity index (χ3v) is 5.54. The lowest BCUT2D eigenvalue weighted by Crippen LogP contribution is -2.47. The van der Waals surface area contributed by atoms with Crippen LogP contribution in [-0.2, 0) is 0 Å². The van der Waals surface area contributed by atoms with Gasteiger partial charge in [-0.2, -0.15) is 0 Å². The predicted molar refractivity (Wildman–Crippen MR) is 80.6 cm³/mol. The van der Waals surface area contributed by atoms with Gasteiger partial charge in [-0.25, -0.2) is 0 Å². The van der Waals surface area contributed by atoms with Crippen LogP contribution in [0.15, 0.2) is 30.3 Å². The van der Waals surface area contributed by atoms with Crippen LogP contribution in [-0.4, -0.2) is 21.9 Å². The van der Waals surface area contributed by atoms with E-state index in [0.717, 1.165) is 51.4 Å². The van der Waals surface area contributed by atoms with Crippen LogP contribution >= 0.6 is 0 Å². The molecular formula is C18H26O2. The van der Waals surface area contributed by atoms with Gasteiger partial charge in [0.2, 0.25) is 0 Å². The van der Waals surface area contributed by atoms with E-state index in [1.54, 1.807) is 0 Å². The molecule has 2 unspecified atom stereocenters. The molecule has 1 aromatic rings. The van der Waals surface area contributed by atoms with Crippen molar-refractivity contribution in [3.05, 3.63) is 35.9 Å². The van der Waals surface area contributed by atoms with Crippen molar-refractivity contribution in [2.45, 2.75) is 69.0 Å². The van der Waals surface area contributed by atoms with Crippen molar-refractivity contribution in [3.63, 3.8) is 0 Å². The summed E-state index contributed by atoms with van der Waals surface area (Å²) in [6.07, 6.45) is 7.62. The van der Waals surface area contributed by atoms with Gasteiger partial charge in [0.05, 0.1) is 11.7 Å². The Hall–Kier alpha value is -0.860. The molecule has 0 bridgehead atoms. The standard InChI is InChI=1S/C18H26O2/c19-17-9-5-4-8-16(17)18(20)12-10-15(11-13-18)14-6-2-1-3-7-14/h1-3,6-7,15-17,19-20H,4-5,8-13H2. The second-order valence-electron chi connectivity index (χ2n) is 6.75. The third kappa shape index (κ3) is 2.77. The molecule has 2 aliphatic carbocycles. The van der Waals surface area contributed by atoms with Gasteiger partial charge in [-0.05, 0) is 50.0 Å². The molecule has 2 aliphatic rings. The van der Waals surface area contributed by atoms with E-state index in [0.29, 0.717) is 5.92 Å². The first-order valence-corrected chi connectivity index (χ1v) is 8.14. The van der Waals surface area contributed by atoms with Gasteiger partial charge in [-0.1, -0.05) is 43.2 Å². The summed E-state index contributed by atoms with van der Waals surface area (Å²) in [5.41, 5.74) is 0.782. The molecule has 2 nitrogen and oxygen atoms in total. The Morgan fingerprint density at radius 1 is 0.900 bits per heavy atom. The Balaban J connectivity index is 1.65. The predicted octanol–water partition coefficient (Wildman–Crippen LogP) is 3.63. The molecule has 0 aliphatic heterocycles. The third-order valence-electron chi connectivity index (χ3n) is 5.54. The number of aliphatic hydroxyl groups excluding tert-OH is 1. The van der Waals surface area contributed by atoms with Crippen LogP contribution in [0.5, 0.6) is 0 Å². The highest BCUT2D eigenvalue weighted by atomic mass is 16.3. The zero-order chi connectivity index (χ0) is 14.0. The van der Waals surface area contributed by atoms with E-state index >= 15 is 0 Å². The Labute approximate surface area is 121 Å². The Bertz CT molecular complexity index is 420. The second-order valence-corrected chi connectivity index (χ2v) is 6.75. The molecule has 2 N–H and O–H groups in total. The van der Waals surface area contributed by atoms with Crippen LogP contribution in [0.3, 0.4) is 0 Å². The number of hydrogen-bond donors (Lipinski definition) is 2. The van der Waals surface area contributed by atoms with Crippen LogP contribution in [0.2, 0.25) is 0 Å². The summed E-state index contributed by atoms with van der Waals surface area (Å²) >= 11 is 0. The summed E-state index contributed by atoms with van der Waals surface area (Å²) in [5, 5.41) is 21.2.